The first kappa shape index (κ1) is 6.42. The third kappa shape index (κ3) is 1.36. The molecule has 0 saturated carbocycles. The average Bonchev–Trinajstić information content (AvgIpc) is 1.80. The van der Waals surface area contributed by atoms with Crippen LogP contribution in [0, 0.1) is 0 Å². The molecule has 0 aliphatic carbocycles. The Morgan fingerprint density at radius 2 is 2.44 bits per heavy atom. The van der Waals surface area contributed by atoms with Crippen LogP contribution in [0.15, 0.2) is 16.9 Å². The first-order valence-corrected chi connectivity index (χ1v) is 2.68. The molecule has 1 rings (SSSR count). The minimum absolute atomic E-state index is 0.0355. The Kier molecular flexibility index (Phi) is 1.62. The van der Waals surface area contributed by atoms with Gasteiger partial charge in [-0.1, -0.05) is 11.6 Å². The fraction of sp³-hybridized carbons (Fsp3) is 0.200. The zero-order chi connectivity index (χ0) is 6.85. The lowest BCUT2D eigenvalue weighted by Gasteiger charge is -1.98. The summed E-state index contributed by atoms with van der Waals surface area (Å²) in [4.78, 5) is 13.7. The topological polar surface area (TPSA) is 29.4 Å². The Balaban J connectivity index is 2.87. The molecule has 0 amide bonds. The maximum absolute atomic E-state index is 12.2. The summed E-state index contributed by atoms with van der Waals surface area (Å²) < 4.78 is 12.2. The van der Waals surface area contributed by atoms with E-state index < -0.39 is 5.83 Å². The molecule has 0 aromatic carbocycles. The molecule has 0 bridgehead atoms. The highest BCUT2D eigenvalue weighted by Gasteiger charge is 2.11. The fourth-order valence-corrected chi connectivity index (χ4v) is 0.584. The van der Waals surface area contributed by atoms with Crippen LogP contribution in [0.4, 0.5) is 4.39 Å². The monoisotopic (exact) mass is 147 g/mol. The van der Waals surface area contributed by atoms with Crippen LogP contribution < -0.4 is 0 Å². The highest BCUT2D eigenvalue weighted by Crippen LogP contribution is 2.08. The van der Waals surface area contributed by atoms with E-state index in [2.05, 4.69) is 4.99 Å². The highest BCUT2D eigenvalue weighted by atomic mass is 35.5. The molecule has 0 atom stereocenters. The van der Waals surface area contributed by atoms with E-state index >= 15 is 0 Å². The van der Waals surface area contributed by atoms with Gasteiger partial charge in [0.25, 0.3) is 0 Å². The lowest BCUT2D eigenvalue weighted by Crippen LogP contribution is -2.08. The maximum Gasteiger partial charge on any atom is 0.180 e. The number of nitrogens with zero attached hydrogens (tertiary/aromatic N) is 1. The van der Waals surface area contributed by atoms with Crippen LogP contribution in [0.1, 0.15) is 0 Å². The average molecular weight is 148 g/mol. The number of allylic oxidation sites excluding steroid dienone is 1. The summed E-state index contributed by atoms with van der Waals surface area (Å²) in [5.41, 5.74) is 0. The second-order valence-electron chi connectivity index (χ2n) is 1.57. The van der Waals surface area contributed by atoms with Crippen LogP contribution in [0.2, 0.25) is 0 Å². The Morgan fingerprint density at radius 3 is 2.89 bits per heavy atom. The van der Waals surface area contributed by atoms with Gasteiger partial charge in [-0.3, -0.25) is 9.79 Å². The molecule has 1 aliphatic rings. The van der Waals surface area contributed by atoms with E-state index in [1.54, 1.807) is 0 Å². The second kappa shape index (κ2) is 2.27. The molecule has 48 valence electrons. The minimum atomic E-state index is -0.743. The van der Waals surface area contributed by atoms with Crippen molar-refractivity contribution in [1.82, 2.24) is 0 Å². The molecule has 9 heavy (non-hydrogen) atoms. The van der Waals surface area contributed by atoms with Crippen molar-refractivity contribution in [2.75, 3.05) is 6.54 Å². The van der Waals surface area contributed by atoms with Crippen LogP contribution in [-0.4, -0.2) is 17.5 Å². The molecular weight excluding hydrogens is 145 g/mol. The van der Waals surface area contributed by atoms with Crippen molar-refractivity contribution in [1.29, 1.82) is 0 Å². The van der Waals surface area contributed by atoms with Gasteiger partial charge in [0.05, 0.1) is 0 Å². The summed E-state index contributed by atoms with van der Waals surface area (Å²) in [5, 5.41) is -0.213. The van der Waals surface area contributed by atoms with E-state index in [4.69, 9.17) is 11.6 Å². The van der Waals surface area contributed by atoms with Crippen molar-refractivity contribution in [2.24, 2.45) is 4.99 Å². The largest absolute Gasteiger partial charge is 0.293 e. The zero-order valence-corrected chi connectivity index (χ0v) is 5.15. The van der Waals surface area contributed by atoms with Crippen LogP contribution in [0.3, 0.4) is 0 Å². The van der Waals surface area contributed by atoms with E-state index in [9.17, 15) is 9.18 Å². The molecule has 0 unspecified atom stereocenters. The number of dihydropyridines is 1. The van der Waals surface area contributed by atoms with E-state index in [1.165, 1.54) is 0 Å². The minimum Gasteiger partial charge on any atom is -0.293 e. The lowest BCUT2D eigenvalue weighted by atomic mass is 10.3. The second-order valence-corrected chi connectivity index (χ2v) is 1.92. The molecule has 2 nitrogen and oxygen atoms in total. The summed E-state index contributed by atoms with van der Waals surface area (Å²) in [6, 6.07) is 0. The van der Waals surface area contributed by atoms with Gasteiger partial charge in [-0.25, -0.2) is 4.39 Å². The molecule has 0 N–H and O–H groups in total. The SMILES string of the molecule is O=C1C=C(F)C(Cl)=NC1. The van der Waals surface area contributed by atoms with Crippen LogP contribution in [-0.2, 0) is 4.79 Å². The molecule has 1 aliphatic heterocycles. The van der Waals surface area contributed by atoms with Crippen molar-refractivity contribution < 1.29 is 9.18 Å². The Labute approximate surface area is 56.0 Å². The number of ketones is 1. The van der Waals surface area contributed by atoms with Gasteiger partial charge in [-0.05, 0) is 0 Å². The quantitative estimate of drug-likeness (QED) is 0.504. The van der Waals surface area contributed by atoms with E-state index in [0.717, 1.165) is 6.08 Å². The van der Waals surface area contributed by atoms with E-state index in [1.807, 2.05) is 0 Å². The molecular formula is C5H3ClFNO. The standard InChI is InChI=1S/C5H3ClFNO/c6-5-4(7)1-3(9)2-8-5/h1H,2H2. The molecule has 0 saturated heterocycles. The van der Waals surface area contributed by atoms with E-state index in [-0.39, 0.29) is 17.5 Å². The highest BCUT2D eigenvalue weighted by molar-refractivity contribution is 6.69. The molecule has 0 spiro atoms. The number of carbonyl (C=O) groups excluding carboxylic acids is 1. The van der Waals surface area contributed by atoms with Gasteiger partial charge in [0, 0.05) is 6.08 Å². The van der Waals surface area contributed by atoms with Gasteiger partial charge in [-0.2, -0.15) is 0 Å². The first-order valence-electron chi connectivity index (χ1n) is 2.30. The number of hydrogen-bond donors (Lipinski definition) is 0. The fourth-order valence-electron chi connectivity index (χ4n) is 0.469. The third-order valence-corrected chi connectivity index (χ3v) is 1.16. The normalized spacial score (nSPS) is 19.1. The third-order valence-electron chi connectivity index (χ3n) is 0.858. The lowest BCUT2D eigenvalue weighted by molar-refractivity contribution is -0.113. The molecule has 0 radical (unpaired) electrons. The number of carbonyl (C=O) groups is 1. The van der Waals surface area contributed by atoms with Crippen LogP contribution in [0.5, 0.6) is 0 Å². The van der Waals surface area contributed by atoms with Crippen molar-refractivity contribution in [3.63, 3.8) is 0 Å². The zero-order valence-electron chi connectivity index (χ0n) is 4.40. The maximum atomic E-state index is 12.2. The van der Waals surface area contributed by atoms with Gasteiger partial charge < -0.3 is 0 Å². The molecule has 0 fully saturated rings. The predicted octanol–water partition coefficient (Wildman–Crippen LogP) is 1.06. The summed E-state index contributed by atoms with van der Waals surface area (Å²) in [6.07, 6.45) is 0.843. The molecule has 0 aromatic heterocycles. The van der Waals surface area contributed by atoms with Gasteiger partial charge in [0.2, 0.25) is 0 Å². The Morgan fingerprint density at radius 1 is 1.78 bits per heavy atom. The Bertz CT molecular complexity index is 209. The van der Waals surface area contributed by atoms with Crippen molar-refractivity contribution in [3.8, 4) is 0 Å². The van der Waals surface area contributed by atoms with E-state index in [0.29, 0.717) is 0 Å². The molecule has 1 heterocycles. The van der Waals surface area contributed by atoms with Gasteiger partial charge in [-0.15, -0.1) is 0 Å². The number of halogens is 2. The van der Waals surface area contributed by atoms with Crippen molar-refractivity contribution >= 4 is 22.6 Å². The summed E-state index contributed by atoms with van der Waals surface area (Å²) >= 11 is 5.19. The van der Waals surface area contributed by atoms with Gasteiger partial charge in [0.1, 0.15) is 6.54 Å². The predicted molar refractivity (Wildman–Crippen MR) is 32.4 cm³/mol. The van der Waals surface area contributed by atoms with Gasteiger partial charge >= 0.3 is 0 Å². The van der Waals surface area contributed by atoms with Crippen LogP contribution >= 0.6 is 11.6 Å². The Hall–Kier alpha value is -0.700. The van der Waals surface area contributed by atoms with Crippen LogP contribution in [0.25, 0.3) is 0 Å². The molecule has 0 aromatic rings. The smallest absolute Gasteiger partial charge is 0.180 e. The van der Waals surface area contributed by atoms with Gasteiger partial charge in [0.15, 0.2) is 16.8 Å². The molecule has 4 heteroatoms. The number of rotatable bonds is 0. The summed E-state index contributed by atoms with van der Waals surface area (Å²) in [5.74, 6) is -1.09. The number of hydrogen-bond acceptors (Lipinski definition) is 2. The number of aliphatic imine (C=N–C) groups is 1. The first-order chi connectivity index (χ1) is 4.20. The van der Waals surface area contributed by atoms with Crippen molar-refractivity contribution in [2.45, 2.75) is 0 Å². The summed E-state index contributed by atoms with van der Waals surface area (Å²) in [7, 11) is 0. The van der Waals surface area contributed by atoms with Crippen molar-refractivity contribution in [3.05, 3.63) is 11.9 Å². The summed E-state index contributed by atoms with van der Waals surface area (Å²) in [6.45, 7) is -0.0355.